The fourth-order valence-corrected chi connectivity index (χ4v) is 5.94. The van der Waals surface area contributed by atoms with E-state index in [1.807, 2.05) is 0 Å². The molecular weight excluding hydrogens is 438 g/mol. The van der Waals surface area contributed by atoms with Crippen molar-refractivity contribution in [1.82, 2.24) is 4.98 Å². The van der Waals surface area contributed by atoms with Crippen LogP contribution in [0.25, 0.3) is 11.3 Å². The van der Waals surface area contributed by atoms with E-state index >= 15 is 0 Å². The van der Waals surface area contributed by atoms with Crippen LogP contribution in [0.5, 0.6) is 0 Å². The molecule has 2 nitrogen and oxygen atoms in total. The lowest BCUT2D eigenvalue weighted by molar-refractivity contribution is 0.148. The van der Waals surface area contributed by atoms with Crippen molar-refractivity contribution < 1.29 is 4.74 Å². The number of hydrogen-bond acceptors (Lipinski definition) is 2. The maximum absolute atomic E-state index is 6.13. The van der Waals surface area contributed by atoms with E-state index in [1.165, 1.54) is 71.9 Å². The van der Waals surface area contributed by atoms with Crippen LogP contribution in [0.2, 0.25) is 0 Å². The van der Waals surface area contributed by atoms with Gasteiger partial charge in [0.1, 0.15) is 0 Å². The van der Waals surface area contributed by atoms with Gasteiger partial charge in [-0.3, -0.25) is 4.98 Å². The van der Waals surface area contributed by atoms with Crippen molar-refractivity contribution in [3.8, 4) is 11.3 Å². The zero-order chi connectivity index (χ0) is 24.6. The summed E-state index contributed by atoms with van der Waals surface area (Å²) in [7, 11) is 0. The van der Waals surface area contributed by atoms with Gasteiger partial charge in [0.15, 0.2) is 0 Å². The molecule has 1 aliphatic carbocycles. The molecule has 0 spiro atoms. The number of ether oxygens (including phenoxy) is 1. The lowest BCUT2D eigenvalue weighted by atomic mass is 9.94. The van der Waals surface area contributed by atoms with Gasteiger partial charge in [-0.25, -0.2) is 0 Å². The molecular formula is C34H41NO. The third kappa shape index (κ3) is 6.73. The summed E-state index contributed by atoms with van der Waals surface area (Å²) in [5, 5.41) is 0. The summed E-state index contributed by atoms with van der Waals surface area (Å²) in [6.07, 6.45) is 18.2. The van der Waals surface area contributed by atoms with Crippen molar-refractivity contribution >= 4 is 0 Å². The van der Waals surface area contributed by atoms with Gasteiger partial charge in [0.25, 0.3) is 0 Å². The number of pyridine rings is 1. The van der Waals surface area contributed by atoms with Gasteiger partial charge in [0.05, 0.1) is 18.9 Å². The monoisotopic (exact) mass is 479 g/mol. The molecule has 0 atom stereocenters. The van der Waals surface area contributed by atoms with Gasteiger partial charge in [-0.1, -0.05) is 86.7 Å². The molecule has 2 heteroatoms. The van der Waals surface area contributed by atoms with Gasteiger partial charge in [-0.05, 0) is 84.9 Å². The Bertz CT molecular complexity index is 1170. The molecule has 0 radical (unpaired) electrons. The highest BCUT2D eigenvalue weighted by molar-refractivity contribution is 5.64. The Morgan fingerprint density at radius 1 is 0.917 bits per heavy atom. The van der Waals surface area contributed by atoms with Gasteiger partial charge in [0.2, 0.25) is 0 Å². The standard InChI is InChI=1S/C34H41NO/c1-26-17-20-33-24-29-18-19-30(15-8-13-27-10-5-6-11-27)32(23-29)25-36-21-7-3-2-4-12-28-14-9-16-31(22-28)34(26)35-33/h3,7,9,14,16-20,22-23,27H,2,4-6,8,10-13,15,21,24-25H2,1H3/b7-3+. The first kappa shape index (κ1) is 25.0. The van der Waals surface area contributed by atoms with Crippen LogP contribution in [0.4, 0.5) is 0 Å². The first-order chi connectivity index (χ1) is 17.7. The van der Waals surface area contributed by atoms with E-state index < -0.39 is 0 Å². The van der Waals surface area contributed by atoms with Gasteiger partial charge in [-0.2, -0.15) is 0 Å². The van der Waals surface area contributed by atoms with Crippen molar-refractivity contribution in [2.24, 2.45) is 5.92 Å². The third-order valence-corrected chi connectivity index (χ3v) is 8.02. The lowest BCUT2D eigenvalue weighted by Gasteiger charge is -2.15. The van der Waals surface area contributed by atoms with E-state index in [2.05, 4.69) is 73.7 Å². The largest absolute Gasteiger partial charge is 0.373 e. The van der Waals surface area contributed by atoms with Crippen molar-refractivity contribution in [1.29, 1.82) is 0 Å². The normalized spacial score (nSPS) is 17.9. The Balaban J connectivity index is 1.39. The van der Waals surface area contributed by atoms with Crippen LogP contribution in [0.15, 0.2) is 66.7 Å². The fraction of sp³-hybridized carbons (Fsp3) is 0.441. The molecule has 1 aromatic heterocycles. The number of nitrogens with zero attached hydrogens (tertiary/aromatic N) is 1. The summed E-state index contributed by atoms with van der Waals surface area (Å²) in [5.74, 6) is 0.962. The summed E-state index contributed by atoms with van der Waals surface area (Å²) < 4.78 is 6.13. The zero-order valence-electron chi connectivity index (χ0n) is 22.0. The van der Waals surface area contributed by atoms with Gasteiger partial charge in [0, 0.05) is 17.7 Å². The van der Waals surface area contributed by atoms with Gasteiger partial charge in [-0.15, -0.1) is 0 Å². The summed E-state index contributed by atoms with van der Waals surface area (Å²) in [6, 6.07) is 20.4. The van der Waals surface area contributed by atoms with E-state index in [0.29, 0.717) is 13.2 Å². The van der Waals surface area contributed by atoms with E-state index in [-0.39, 0.29) is 0 Å². The molecule has 2 aliphatic rings. The molecule has 3 aromatic rings. The average Bonchev–Trinajstić information content (AvgIpc) is 3.41. The van der Waals surface area contributed by atoms with Gasteiger partial charge >= 0.3 is 0 Å². The second-order valence-corrected chi connectivity index (χ2v) is 10.9. The number of rotatable bonds is 4. The molecule has 0 unspecified atom stereocenters. The first-order valence-electron chi connectivity index (χ1n) is 14.1. The topological polar surface area (TPSA) is 22.1 Å². The average molecular weight is 480 g/mol. The van der Waals surface area contributed by atoms with Crippen LogP contribution >= 0.6 is 0 Å². The molecule has 1 fully saturated rings. The molecule has 188 valence electrons. The lowest BCUT2D eigenvalue weighted by Crippen LogP contribution is -2.03. The number of fused-ring (bicyclic) bond motifs is 7. The highest BCUT2D eigenvalue weighted by atomic mass is 16.5. The molecule has 0 N–H and O–H groups in total. The smallest absolute Gasteiger partial charge is 0.0734 e. The molecule has 5 rings (SSSR count). The summed E-state index contributed by atoms with van der Waals surface area (Å²) in [4.78, 5) is 5.14. The third-order valence-electron chi connectivity index (χ3n) is 8.02. The number of aromatic nitrogens is 1. The Morgan fingerprint density at radius 2 is 1.83 bits per heavy atom. The molecule has 6 bridgehead atoms. The highest BCUT2D eigenvalue weighted by Crippen LogP contribution is 2.30. The SMILES string of the molecule is Cc1ccc2nc1-c1cccc(c1)CCC/C=C/COCc1cc(ccc1CCCC1CCCC1)C2. The van der Waals surface area contributed by atoms with E-state index in [1.54, 1.807) is 0 Å². The van der Waals surface area contributed by atoms with Crippen molar-refractivity contribution in [3.05, 3.63) is 100 Å². The summed E-state index contributed by atoms with van der Waals surface area (Å²) in [5.41, 5.74) is 10.2. The van der Waals surface area contributed by atoms with Crippen LogP contribution in [0, 0.1) is 12.8 Å². The highest BCUT2D eigenvalue weighted by Gasteiger charge is 2.15. The molecule has 1 aliphatic heterocycles. The minimum Gasteiger partial charge on any atom is -0.373 e. The van der Waals surface area contributed by atoms with Crippen molar-refractivity contribution in [3.63, 3.8) is 0 Å². The van der Waals surface area contributed by atoms with Crippen LogP contribution in [-0.2, 0) is 30.6 Å². The maximum Gasteiger partial charge on any atom is 0.0734 e. The van der Waals surface area contributed by atoms with Gasteiger partial charge < -0.3 is 4.74 Å². The van der Waals surface area contributed by atoms with E-state index in [0.717, 1.165) is 49.4 Å². The van der Waals surface area contributed by atoms with E-state index in [4.69, 9.17) is 9.72 Å². The summed E-state index contributed by atoms with van der Waals surface area (Å²) in [6.45, 7) is 3.55. The minimum atomic E-state index is 0.685. The molecule has 0 amide bonds. The Kier molecular flexibility index (Phi) is 8.67. The predicted molar refractivity (Wildman–Crippen MR) is 150 cm³/mol. The first-order valence-corrected chi connectivity index (χ1v) is 14.1. The minimum absolute atomic E-state index is 0.685. The Labute approximate surface area is 217 Å². The predicted octanol–water partition coefficient (Wildman–Crippen LogP) is 8.57. The van der Waals surface area contributed by atoms with Crippen molar-refractivity contribution in [2.45, 2.75) is 84.2 Å². The molecule has 1 saturated carbocycles. The van der Waals surface area contributed by atoms with Crippen LogP contribution in [0.3, 0.4) is 0 Å². The zero-order valence-corrected chi connectivity index (χ0v) is 22.0. The Hall–Kier alpha value is -2.71. The number of aryl methyl sites for hydroxylation is 3. The fourth-order valence-electron chi connectivity index (χ4n) is 5.94. The number of hydrogen-bond donors (Lipinski definition) is 0. The second kappa shape index (κ2) is 12.5. The van der Waals surface area contributed by atoms with Crippen LogP contribution in [0.1, 0.15) is 84.9 Å². The van der Waals surface area contributed by atoms with Crippen LogP contribution < -0.4 is 0 Å². The molecule has 36 heavy (non-hydrogen) atoms. The molecule has 2 aromatic carbocycles. The molecule has 2 heterocycles. The number of allylic oxidation sites excluding steroid dienone is 1. The maximum atomic E-state index is 6.13. The van der Waals surface area contributed by atoms with Crippen molar-refractivity contribution in [2.75, 3.05) is 6.61 Å². The quantitative estimate of drug-likeness (QED) is 0.350. The number of benzene rings is 2. The summed E-state index contributed by atoms with van der Waals surface area (Å²) >= 11 is 0. The van der Waals surface area contributed by atoms with Crippen LogP contribution in [-0.4, -0.2) is 11.6 Å². The molecule has 0 saturated heterocycles. The Morgan fingerprint density at radius 3 is 2.75 bits per heavy atom. The van der Waals surface area contributed by atoms with E-state index in [9.17, 15) is 0 Å². The second-order valence-electron chi connectivity index (χ2n) is 10.9.